The minimum atomic E-state index is -0.0776. The van der Waals surface area contributed by atoms with Crippen molar-refractivity contribution in [3.05, 3.63) is 0 Å². The first-order valence-corrected chi connectivity index (χ1v) is 5.52. The van der Waals surface area contributed by atoms with Gasteiger partial charge in [-0.15, -0.1) is 0 Å². The molecule has 0 bridgehead atoms. The summed E-state index contributed by atoms with van der Waals surface area (Å²) in [5, 5.41) is 9.99. The highest BCUT2D eigenvalue weighted by Gasteiger charge is 2.40. The van der Waals surface area contributed by atoms with Gasteiger partial charge in [0.25, 0.3) is 0 Å². The van der Waals surface area contributed by atoms with Crippen LogP contribution < -0.4 is 0 Å². The van der Waals surface area contributed by atoms with Gasteiger partial charge in [-0.05, 0) is 36.0 Å². The lowest BCUT2D eigenvalue weighted by atomic mass is 9.62. The van der Waals surface area contributed by atoms with Crippen LogP contribution in [0.3, 0.4) is 0 Å². The molecule has 0 spiro atoms. The Morgan fingerprint density at radius 2 is 1.62 bits per heavy atom. The molecule has 0 radical (unpaired) electrons. The second-order valence-electron chi connectivity index (χ2n) is 5.87. The van der Waals surface area contributed by atoms with Crippen molar-refractivity contribution >= 4 is 0 Å². The van der Waals surface area contributed by atoms with E-state index in [0.717, 1.165) is 12.3 Å². The van der Waals surface area contributed by atoms with E-state index in [2.05, 4.69) is 34.6 Å². The largest absolute Gasteiger partial charge is 0.393 e. The van der Waals surface area contributed by atoms with Crippen molar-refractivity contribution in [2.75, 3.05) is 0 Å². The molecule has 1 fully saturated rings. The summed E-state index contributed by atoms with van der Waals surface area (Å²) < 4.78 is 0. The fraction of sp³-hybridized carbons (Fsp3) is 1.00. The van der Waals surface area contributed by atoms with E-state index >= 15 is 0 Å². The fourth-order valence-corrected chi connectivity index (χ4v) is 2.95. The van der Waals surface area contributed by atoms with Crippen molar-refractivity contribution in [2.24, 2.45) is 23.2 Å². The van der Waals surface area contributed by atoms with Crippen LogP contribution in [0.1, 0.15) is 47.5 Å². The average Bonchev–Trinajstić information content (AvgIpc) is 1.95. The molecule has 1 heteroatoms. The molecule has 0 amide bonds. The maximum atomic E-state index is 9.99. The molecule has 0 aromatic carbocycles. The van der Waals surface area contributed by atoms with Gasteiger partial charge in [0.15, 0.2) is 0 Å². The van der Waals surface area contributed by atoms with Crippen LogP contribution in [0.4, 0.5) is 0 Å². The topological polar surface area (TPSA) is 20.2 Å². The first-order valence-electron chi connectivity index (χ1n) is 5.52. The molecule has 1 aliphatic rings. The van der Waals surface area contributed by atoms with Gasteiger partial charge >= 0.3 is 0 Å². The lowest BCUT2D eigenvalue weighted by molar-refractivity contribution is -0.0427. The summed E-state index contributed by atoms with van der Waals surface area (Å²) >= 11 is 0. The molecule has 1 N–H and O–H groups in total. The number of aliphatic hydroxyl groups excluding tert-OH is 1. The van der Waals surface area contributed by atoms with Crippen LogP contribution in [0.25, 0.3) is 0 Å². The van der Waals surface area contributed by atoms with Crippen LogP contribution in [-0.4, -0.2) is 11.2 Å². The summed E-state index contributed by atoms with van der Waals surface area (Å²) in [4.78, 5) is 0. The molecule has 13 heavy (non-hydrogen) atoms. The number of hydrogen-bond acceptors (Lipinski definition) is 1. The predicted octanol–water partition coefficient (Wildman–Crippen LogP) is 3.08. The summed E-state index contributed by atoms with van der Waals surface area (Å²) in [6.07, 6.45) is 2.11. The molecule has 1 nitrogen and oxygen atoms in total. The molecule has 0 aliphatic heterocycles. The van der Waals surface area contributed by atoms with Crippen molar-refractivity contribution in [2.45, 2.75) is 53.6 Å². The molecule has 4 unspecified atom stereocenters. The van der Waals surface area contributed by atoms with Crippen molar-refractivity contribution in [3.63, 3.8) is 0 Å². The molecule has 0 aromatic rings. The van der Waals surface area contributed by atoms with Crippen LogP contribution in [0.2, 0.25) is 0 Å². The zero-order chi connectivity index (χ0) is 10.2. The van der Waals surface area contributed by atoms with Gasteiger partial charge in [0.2, 0.25) is 0 Å². The Morgan fingerprint density at radius 1 is 1.08 bits per heavy atom. The van der Waals surface area contributed by atoms with Crippen molar-refractivity contribution in [1.82, 2.24) is 0 Å². The molecular formula is C12H24O. The Kier molecular flexibility index (Phi) is 3.06. The van der Waals surface area contributed by atoms with Crippen molar-refractivity contribution in [3.8, 4) is 0 Å². The lowest BCUT2D eigenvalue weighted by Gasteiger charge is -2.45. The van der Waals surface area contributed by atoms with Crippen LogP contribution in [-0.2, 0) is 0 Å². The minimum Gasteiger partial charge on any atom is -0.393 e. The summed E-state index contributed by atoms with van der Waals surface area (Å²) in [6, 6.07) is 0. The summed E-state index contributed by atoms with van der Waals surface area (Å²) in [7, 11) is 0. The summed E-state index contributed by atoms with van der Waals surface area (Å²) in [5.74, 6) is 1.90. The van der Waals surface area contributed by atoms with Gasteiger partial charge in [0.05, 0.1) is 6.10 Å². The highest BCUT2D eigenvalue weighted by atomic mass is 16.3. The SMILES string of the molecule is CC1CCC(O)C(C(C)(C)C)C1C. The van der Waals surface area contributed by atoms with E-state index in [0.29, 0.717) is 11.8 Å². The monoisotopic (exact) mass is 184 g/mol. The zero-order valence-electron chi connectivity index (χ0n) is 9.67. The van der Waals surface area contributed by atoms with Crippen LogP contribution in [0.15, 0.2) is 0 Å². The number of aliphatic hydroxyl groups is 1. The molecule has 0 aromatic heterocycles. The first kappa shape index (κ1) is 11.0. The van der Waals surface area contributed by atoms with Crippen LogP contribution in [0.5, 0.6) is 0 Å². The highest BCUT2D eigenvalue weighted by molar-refractivity contribution is 4.89. The summed E-state index contributed by atoms with van der Waals surface area (Å²) in [5.41, 5.74) is 0.244. The zero-order valence-corrected chi connectivity index (χ0v) is 9.67. The normalized spacial score (nSPS) is 42.0. The Balaban J connectivity index is 2.78. The molecule has 0 saturated heterocycles. The van der Waals surface area contributed by atoms with Gasteiger partial charge < -0.3 is 5.11 Å². The minimum absolute atomic E-state index is 0.0776. The highest BCUT2D eigenvalue weighted by Crippen LogP contribution is 2.44. The van der Waals surface area contributed by atoms with Crippen LogP contribution in [0, 0.1) is 23.2 Å². The molecule has 0 heterocycles. The Morgan fingerprint density at radius 3 is 2.00 bits per heavy atom. The third-order valence-corrected chi connectivity index (χ3v) is 3.80. The van der Waals surface area contributed by atoms with Crippen molar-refractivity contribution in [1.29, 1.82) is 0 Å². The average molecular weight is 184 g/mol. The summed E-state index contributed by atoms with van der Waals surface area (Å²) in [6.45, 7) is 11.3. The van der Waals surface area contributed by atoms with E-state index in [9.17, 15) is 5.11 Å². The quantitative estimate of drug-likeness (QED) is 0.613. The Labute approximate surface area is 82.5 Å². The maximum Gasteiger partial charge on any atom is 0.0576 e. The fourth-order valence-electron chi connectivity index (χ4n) is 2.95. The van der Waals surface area contributed by atoms with E-state index in [1.54, 1.807) is 0 Å². The maximum absolute atomic E-state index is 9.99. The van der Waals surface area contributed by atoms with E-state index < -0.39 is 0 Å². The van der Waals surface area contributed by atoms with E-state index in [-0.39, 0.29) is 11.5 Å². The van der Waals surface area contributed by atoms with E-state index in [1.807, 2.05) is 0 Å². The van der Waals surface area contributed by atoms with Gasteiger partial charge in [-0.2, -0.15) is 0 Å². The van der Waals surface area contributed by atoms with Crippen LogP contribution >= 0.6 is 0 Å². The number of rotatable bonds is 0. The smallest absolute Gasteiger partial charge is 0.0576 e. The van der Waals surface area contributed by atoms with Gasteiger partial charge in [0.1, 0.15) is 0 Å². The molecule has 78 valence electrons. The Bertz CT molecular complexity index is 168. The standard InChI is InChI=1S/C12H24O/c1-8-6-7-10(13)11(9(8)2)12(3,4)5/h8-11,13H,6-7H2,1-5H3. The molecule has 1 aliphatic carbocycles. The molecule has 1 rings (SSSR count). The third kappa shape index (κ3) is 2.25. The van der Waals surface area contributed by atoms with Crippen molar-refractivity contribution < 1.29 is 5.11 Å². The molecular weight excluding hydrogens is 160 g/mol. The molecule has 4 atom stereocenters. The second-order valence-corrected chi connectivity index (χ2v) is 5.87. The second kappa shape index (κ2) is 3.61. The van der Waals surface area contributed by atoms with Gasteiger partial charge in [-0.25, -0.2) is 0 Å². The lowest BCUT2D eigenvalue weighted by Crippen LogP contribution is -2.43. The Hall–Kier alpha value is -0.0400. The van der Waals surface area contributed by atoms with E-state index in [4.69, 9.17) is 0 Å². The van der Waals surface area contributed by atoms with Gasteiger partial charge in [-0.1, -0.05) is 34.6 Å². The number of hydrogen-bond donors (Lipinski definition) is 1. The van der Waals surface area contributed by atoms with Gasteiger partial charge in [-0.3, -0.25) is 0 Å². The predicted molar refractivity (Wildman–Crippen MR) is 56.5 cm³/mol. The third-order valence-electron chi connectivity index (χ3n) is 3.80. The van der Waals surface area contributed by atoms with Gasteiger partial charge in [0, 0.05) is 0 Å². The van der Waals surface area contributed by atoms with E-state index in [1.165, 1.54) is 6.42 Å². The first-order chi connectivity index (χ1) is 5.84. The molecule has 1 saturated carbocycles.